The van der Waals surface area contributed by atoms with Crippen molar-refractivity contribution in [2.45, 2.75) is 25.8 Å². The molecule has 1 aromatic carbocycles. The molecule has 0 aliphatic rings. The number of carbonyl (C=O) groups is 1. The van der Waals surface area contributed by atoms with Crippen molar-refractivity contribution in [3.05, 3.63) is 35.1 Å². The Bertz CT molecular complexity index is 573. The van der Waals surface area contributed by atoms with Gasteiger partial charge in [-0.05, 0) is 32.0 Å². The van der Waals surface area contributed by atoms with E-state index in [1.807, 2.05) is 0 Å². The summed E-state index contributed by atoms with van der Waals surface area (Å²) in [5.74, 6) is 4.24. The third-order valence-electron chi connectivity index (χ3n) is 3.27. The van der Waals surface area contributed by atoms with Crippen LogP contribution in [0.2, 0.25) is 0 Å². The van der Waals surface area contributed by atoms with Gasteiger partial charge in [0.25, 0.3) is 5.91 Å². The molecule has 2 N–H and O–H groups in total. The van der Waals surface area contributed by atoms with Crippen LogP contribution in [0.4, 0.5) is 4.39 Å². The number of halogens is 1. The summed E-state index contributed by atoms with van der Waals surface area (Å²) in [6, 6.07) is 4.13. The average Bonchev–Trinajstić information content (AvgIpc) is 2.46. The van der Waals surface area contributed by atoms with Gasteiger partial charge in [-0.25, -0.2) is 4.39 Å². The Balaban J connectivity index is 3.01. The van der Waals surface area contributed by atoms with Crippen molar-refractivity contribution in [2.24, 2.45) is 0 Å². The maximum atomic E-state index is 14.0. The van der Waals surface area contributed by atoms with Crippen LogP contribution in [0.25, 0.3) is 0 Å². The molecule has 0 saturated carbocycles. The van der Waals surface area contributed by atoms with Crippen LogP contribution in [-0.2, 0) is 0 Å². The Morgan fingerprint density at radius 2 is 2.05 bits per heavy atom. The lowest BCUT2D eigenvalue weighted by Gasteiger charge is -2.34. The highest BCUT2D eigenvalue weighted by molar-refractivity contribution is 5.95. The van der Waals surface area contributed by atoms with Crippen LogP contribution < -0.4 is 0 Å². The maximum Gasteiger partial charge on any atom is 0.257 e. The van der Waals surface area contributed by atoms with E-state index in [1.54, 1.807) is 19.9 Å². The average molecular weight is 293 g/mol. The minimum absolute atomic E-state index is 0.0485. The zero-order valence-corrected chi connectivity index (χ0v) is 12.5. The molecule has 4 nitrogen and oxygen atoms in total. The molecule has 5 heteroatoms. The number of aliphatic hydroxyl groups excluding tert-OH is 2. The zero-order valence-electron chi connectivity index (χ0n) is 12.5. The van der Waals surface area contributed by atoms with Gasteiger partial charge in [0.1, 0.15) is 5.82 Å². The van der Waals surface area contributed by atoms with Gasteiger partial charge in [-0.3, -0.25) is 4.79 Å². The molecule has 0 bridgehead atoms. The Morgan fingerprint density at radius 3 is 2.57 bits per heavy atom. The highest BCUT2D eigenvalue weighted by Crippen LogP contribution is 2.18. The lowest BCUT2D eigenvalue weighted by atomic mass is 10.0. The van der Waals surface area contributed by atoms with Crippen LogP contribution in [0.15, 0.2) is 18.2 Å². The minimum Gasteiger partial charge on any atom is -0.395 e. The molecule has 0 heterocycles. The highest BCUT2D eigenvalue weighted by atomic mass is 19.1. The van der Waals surface area contributed by atoms with Crippen molar-refractivity contribution in [3.63, 3.8) is 0 Å². The molecule has 0 atom stereocenters. The lowest BCUT2D eigenvalue weighted by Crippen LogP contribution is -2.47. The van der Waals surface area contributed by atoms with E-state index in [0.717, 1.165) is 0 Å². The van der Waals surface area contributed by atoms with E-state index >= 15 is 0 Å². The molecule has 21 heavy (non-hydrogen) atoms. The van der Waals surface area contributed by atoms with Crippen molar-refractivity contribution in [2.75, 3.05) is 20.3 Å². The predicted molar refractivity (Wildman–Crippen MR) is 78.2 cm³/mol. The number of nitrogens with zero attached hydrogens (tertiary/aromatic N) is 1. The molecule has 114 valence electrons. The highest BCUT2D eigenvalue weighted by Gasteiger charge is 2.28. The summed E-state index contributed by atoms with van der Waals surface area (Å²) in [5.41, 5.74) is -0.392. The van der Waals surface area contributed by atoms with E-state index in [2.05, 4.69) is 11.8 Å². The van der Waals surface area contributed by atoms with E-state index in [-0.39, 0.29) is 18.8 Å². The molecular formula is C16H20FNO3. The van der Waals surface area contributed by atoms with Crippen LogP contribution >= 0.6 is 0 Å². The van der Waals surface area contributed by atoms with Crippen LogP contribution in [-0.4, -0.2) is 46.8 Å². The summed E-state index contributed by atoms with van der Waals surface area (Å²) in [5, 5.41) is 17.9. The summed E-state index contributed by atoms with van der Waals surface area (Å²) >= 11 is 0. The third kappa shape index (κ3) is 4.28. The quantitative estimate of drug-likeness (QED) is 0.825. The fourth-order valence-corrected chi connectivity index (χ4v) is 1.55. The summed E-state index contributed by atoms with van der Waals surface area (Å²) in [6.45, 7) is 3.11. The number of benzene rings is 1. The Labute approximate surface area is 124 Å². The van der Waals surface area contributed by atoms with E-state index in [9.17, 15) is 14.3 Å². The molecular weight excluding hydrogens is 273 g/mol. The lowest BCUT2D eigenvalue weighted by molar-refractivity contribution is 0.0469. The normalized spacial score (nSPS) is 10.8. The SMILES string of the molecule is CN(C(=O)c1ccc(C#CCCO)cc1F)C(C)(C)CO. The first-order chi connectivity index (χ1) is 9.83. The molecule has 1 amide bonds. The second-order valence-electron chi connectivity index (χ2n) is 5.30. The van der Waals surface area contributed by atoms with Crippen LogP contribution in [0.5, 0.6) is 0 Å². The van der Waals surface area contributed by atoms with Crippen LogP contribution in [0.3, 0.4) is 0 Å². The predicted octanol–water partition coefficient (Wildman–Crippen LogP) is 1.40. The van der Waals surface area contributed by atoms with Crippen LogP contribution in [0, 0.1) is 17.7 Å². The van der Waals surface area contributed by atoms with Gasteiger partial charge in [-0.1, -0.05) is 11.8 Å². The van der Waals surface area contributed by atoms with Crippen molar-refractivity contribution in [1.82, 2.24) is 4.90 Å². The number of hydrogen-bond acceptors (Lipinski definition) is 3. The van der Waals surface area contributed by atoms with Gasteiger partial charge in [0.05, 0.1) is 24.3 Å². The van der Waals surface area contributed by atoms with E-state index in [4.69, 9.17) is 5.11 Å². The first kappa shape index (κ1) is 17.2. The molecule has 0 aromatic heterocycles. The molecule has 0 aliphatic heterocycles. The molecule has 0 saturated heterocycles. The third-order valence-corrected chi connectivity index (χ3v) is 3.27. The number of aliphatic hydroxyl groups is 2. The maximum absolute atomic E-state index is 14.0. The smallest absolute Gasteiger partial charge is 0.257 e. The van der Waals surface area contributed by atoms with Gasteiger partial charge in [0.2, 0.25) is 0 Å². The zero-order chi connectivity index (χ0) is 16.0. The molecule has 0 fully saturated rings. The summed E-state index contributed by atoms with van der Waals surface area (Å²) in [7, 11) is 1.52. The van der Waals surface area contributed by atoms with E-state index in [1.165, 1.54) is 24.1 Å². The Kier molecular flexibility index (Phi) is 5.89. The Morgan fingerprint density at radius 1 is 1.38 bits per heavy atom. The van der Waals surface area contributed by atoms with Gasteiger partial charge in [-0.2, -0.15) is 0 Å². The second-order valence-corrected chi connectivity index (χ2v) is 5.30. The second kappa shape index (κ2) is 7.21. The van der Waals surface area contributed by atoms with E-state index in [0.29, 0.717) is 12.0 Å². The number of rotatable bonds is 4. The van der Waals surface area contributed by atoms with Crippen molar-refractivity contribution in [3.8, 4) is 11.8 Å². The van der Waals surface area contributed by atoms with E-state index < -0.39 is 17.3 Å². The number of hydrogen-bond donors (Lipinski definition) is 2. The van der Waals surface area contributed by atoms with Crippen molar-refractivity contribution in [1.29, 1.82) is 0 Å². The van der Waals surface area contributed by atoms with Crippen molar-refractivity contribution >= 4 is 5.91 Å². The molecule has 0 unspecified atom stereocenters. The molecule has 1 aromatic rings. The Hall–Kier alpha value is -1.90. The molecule has 0 spiro atoms. The molecule has 0 radical (unpaired) electrons. The fourth-order valence-electron chi connectivity index (χ4n) is 1.55. The summed E-state index contributed by atoms with van der Waals surface area (Å²) in [6.07, 6.45) is 0.315. The topological polar surface area (TPSA) is 60.8 Å². The standard InChI is InChI=1S/C16H20FNO3/c1-16(2,11-20)18(3)15(21)13-8-7-12(10-14(13)17)6-4-5-9-19/h7-8,10,19-20H,5,9,11H2,1-3H3. The molecule has 0 aliphatic carbocycles. The summed E-state index contributed by atoms with van der Waals surface area (Å²) in [4.78, 5) is 13.6. The van der Waals surface area contributed by atoms with Gasteiger partial charge < -0.3 is 15.1 Å². The molecule has 1 rings (SSSR count). The first-order valence-corrected chi connectivity index (χ1v) is 6.62. The monoisotopic (exact) mass is 293 g/mol. The summed E-state index contributed by atoms with van der Waals surface area (Å²) < 4.78 is 14.0. The number of amides is 1. The minimum atomic E-state index is -0.775. The van der Waals surface area contributed by atoms with Gasteiger partial charge >= 0.3 is 0 Å². The van der Waals surface area contributed by atoms with Gasteiger partial charge in [0.15, 0.2) is 0 Å². The first-order valence-electron chi connectivity index (χ1n) is 6.62. The number of likely N-dealkylation sites (N-methyl/N-ethyl adjacent to an activating group) is 1. The number of carbonyl (C=O) groups excluding carboxylic acids is 1. The van der Waals surface area contributed by atoms with Gasteiger partial charge in [-0.15, -0.1) is 0 Å². The van der Waals surface area contributed by atoms with Crippen LogP contribution in [0.1, 0.15) is 36.2 Å². The largest absolute Gasteiger partial charge is 0.395 e. The van der Waals surface area contributed by atoms with Crippen molar-refractivity contribution < 1.29 is 19.4 Å². The fraction of sp³-hybridized carbons (Fsp3) is 0.438. The van der Waals surface area contributed by atoms with Gasteiger partial charge in [0, 0.05) is 19.0 Å².